The molecule has 4 aromatic rings. The predicted molar refractivity (Wildman–Crippen MR) is 122 cm³/mol. The molecule has 30 heavy (non-hydrogen) atoms. The largest absolute Gasteiger partial charge is 0.379 e. The van der Waals surface area contributed by atoms with Gasteiger partial charge in [-0.15, -0.1) is 11.3 Å². The first kappa shape index (κ1) is 19.4. The highest BCUT2D eigenvalue weighted by Crippen LogP contribution is 2.36. The van der Waals surface area contributed by atoms with Crippen molar-refractivity contribution in [1.82, 2.24) is 24.4 Å². The number of anilines is 1. The van der Waals surface area contributed by atoms with Crippen molar-refractivity contribution in [3.05, 3.63) is 36.0 Å². The average Bonchev–Trinajstić information content (AvgIpc) is 3.36. The topological polar surface area (TPSA) is 68.1 Å². The van der Waals surface area contributed by atoms with Crippen LogP contribution in [-0.4, -0.2) is 63.8 Å². The molecular formula is C22H26N6OS. The fourth-order valence-electron chi connectivity index (χ4n) is 4.03. The van der Waals surface area contributed by atoms with Crippen molar-refractivity contribution in [3.8, 4) is 11.4 Å². The molecule has 1 fully saturated rings. The van der Waals surface area contributed by atoms with Crippen LogP contribution < -0.4 is 5.32 Å². The fourth-order valence-corrected chi connectivity index (χ4v) is 4.96. The van der Waals surface area contributed by atoms with Crippen LogP contribution in [0.4, 0.5) is 5.82 Å². The van der Waals surface area contributed by atoms with Crippen LogP contribution in [-0.2, 0) is 4.74 Å². The minimum absolute atomic E-state index is 0.236. The van der Waals surface area contributed by atoms with Gasteiger partial charge in [0, 0.05) is 53.3 Å². The van der Waals surface area contributed by atoms with E-state index in [1.54, 1.807) is 17.7 Å². The van der Waals surface area contributed by atoms with Crippen molar-refractivity contribution in [2.24, 2.45) is 0 Å². The molecule has 1 aromatic carbocycles. The molecule has 8 heteroatoms. The summed E-state index contributed by atoms with van der Waals surface area (Å²) >= 11 is 1.75. The molecule has 1 N–H and O–H groups in total. The monoisotopic (exact) mass is 422 g/mol. The van der Waals surface area contributed by atoms with E-state index in [4.69, 9.17) is 9.72 Å². The molecule has 5 rings (SSSR count). The van der Waals surface area contributed by atoms with E-state index in [2.05, 4.69) is 68.2 Å². The number of aromatic nitrogens is 4. The molecule has 0 unspecified atom stereocenters. The normalized spacial score (nSPS) is 15.4. The maximum atomic E-state index is 5.43. The lowest BCUT2D eigenvalue weighted by Gasteiger charge is -2.26. The average molecular weight is 423 g/mol. The molecule has 0 aliphatic carbocycles. The van der Waals surface area contributed by atoms with E-state index in [-0.39, 0.29) is 6.04 Å². The first-order valence-corrected chi connectivity index (χ1v) is 11.3. The van der Waals surface area contributed by atoms with Crippen molar-refractivity contribution in [1.29, 1.82) is 0 Å². The quantitative estimate of drug-likeness (QED) is 0.506. The van der Waals surface area contributed by atoms with E-state index in [0.29, 0.717) is 0 Å². The van der Waals surface area contributed by atoms with Crippen molar-refractivity contribution < 1.29 is 4.74 Å². The Bertz CT molecular complexity index is 1160. The Morgan fingerprint density at radius 2 is 2.00 bits per heavy atom. The standard InChI is InChI=1S/C22H26N6OS/c1-15(2)28-21(17-13-30-18-6-4-3-5-16(17)18)26-19-20(24-14-25-22(19)28)23-7-8-27-9-11-29-12-10-27/h3-6,13-15H,7-12H2,1-2H3,(H,23,24,25). The van der Waals surface area contributed by atoms with Gasteiger partial charge in [-0.05, 0) is 19.9 Å². The third-order valence-electron chi connectivity index (χ3n) is 5.54. The van der Waals surface area contributed by atoms with Gasteiger partial charge in [-0.2, -0.15) is 0 Å². The fraction of sp³-hybridized carbons (Fsp3) is 0.409. The molecule has 3 aromatic heterocycles. The lowest BCUT2D eigenvalue weighted by Crippen LogP contribution is -2.39. The second kappa shape index (κ2) is 8.29. The summed E-state index contributed by atoms with van der Waals surface area (Å²) in [5.41, 5.74) is 2.86. The second-order valence-electron chi connectivity index (χ2n) is 7.82. The van der Waals surface area contributed by atoms with Crippen LogP contribution in [0, 0.1) is 0 Å². The Hall–Kier alpha value is -2.55. The molecule has 7 nitrogen and oxygen atoms in total. The van der Waals surface area contributed by atoms with E-state index in [9.17, 15) is 0 Å². The third-order valence-corrected chi connectivity index (χ3v) is 6.50. The molecular weight excluding hydrogens is 396 g/mol. The number of thiophene rings is 1. The van der Waals surface area contributed by atoms with E-state index in [1.807, 2.05) is 0 Å². The molecule has 4 heterocycles. The zero-order valence-corrected chi connectivity index (χ0v) is 18.2. The predicted octanol–water partition coefficient (Wildman–Crippen LogP) is 4.03. The van der Waals surface area contributed by atoms with E-state index < -0.39 is 0 Å². The molecule has 1 saturated heterocycles. The third kappa shape index (κ3) is 3.55. The number of nitrogens with one attached hydrogen (secondary N) is 1. The first-order chi connectivity index (χ1) is 14.7. The van der Waals surface area contributed by atoms with E-state index >= 15 is 0 Å². The van der Waals surface area contributed by atoms with Crippen LogP contribution in [0.15, 0.2) is 36.0 Å². The zero-order chi connectivity index (χ0) is 20.5. The number of ether oxygens (including phenoxy) is 1. The Labute approximate surface area is 179 Å². The molecule has 0 spiro atoms. The van der Waals surface area contributed by atoms with Crippen LogP contribution in [0.2, 0.25) is 0 Å². The molecule has 0 atom stereocenters. The van der Waals surface area contributed by atoms with Gasteiger partial charge in [-0.3, -0.25) is 4.90 Å². The highest BCUT2D eigenvalue weighted by molar-refractivity contribution is 7.17. The van der Waals surface area contributed by atoms with Gasteiger partial charge in [0.1, 0.15) is 12.2 Å². The Kier molecular flexibility index (Phi) is 5.37. The Balaban J connectivity index is 1.51. The molecule has 1 aliphatic rings. The Morgan fingerprint density at radius 3 is 2.83 bits per heavy atom. The van der Waals surface area contributed by atoms with Gasteiger partial charge in [0.25, 0.3) is 0 Å². The van der Waals surface area contributed by atoms with Gasteiger partial charge in [0.05, 0.1) is 13.2 Å². The smallest absolute Gasteiger partial charge is 0.166 e. The van der Waals surface area contributed by atoms with Gasteiger partial charge in [0.15, 0.2) is 17.0 Å². The minimum Gasteiger partial charge on any atom is -0.379 e. The molecule has 1 aliphatic heterocycles. The number of benzene rings is 1. The van der Waals surface area contributed by atoms with Crippen LogP contribution in [0.1, 0.15) is 19.9 Å². The van der Waals surface area contributed by atoms with Gasteiger partial charge in [-0.1, -0.05) is 18.2 Å². The SMILES string of the molecule is CC(C)n1c(-c2csc3ccccc23)nc2c(NCCN3CCOCC3)ncnc21. The van der Waals surface area contributed by atoms with Crippen molar-refractivity contribution in [3.63, 3.8) is 0 Å². The van der Waals surface area contributed by atoms with Crippen LogP contribution in [0.25, 0.3) is 32.6 Å². The van der Waals surface area contributed by atoms with Crippen LogP contribution >= 0.6 is 11.3 Å². The summed E-state index contributed by atoms with van der Waals surface area (Å²) in [5, 5.41) is 6.92. The highest BCUT2D eigenvalue weighted by Gasteiger charge is 2.21. The number of imidazole rings is 1. The van der Waals surface area contributed by atoms with Gasteiger partial charge in [0.2, 0.25) is 0 Å². The maximum Gasteiger partial charge on any atom is 0.166 e. The summed E-state index contributed by atoms with van der Waals surface area (Å²) < 4.78 is 8.92. The summed E-state index contributed by atoms with van der Waals surface area (Å²) in [6.45, 7) is 9.72. The number of rotatable bonds is 6. The highest BCUT2D eigenvalue weighted by atomic mass is 32.1. The van der Waals surface area contributed by atoms with Crippen LogP contribution in [0.3, 0.4) is 0 Å². The van der Waals surface area contributed by atoms with Gasteiger partial charge in [-0.25, -0.2) is 15.0 Å². The molecule has 0 amide bonds. The lowest BCUT2D eigenvalue weighted by atomic mass is 10.1. The van der Waals surface area contributed by atoms with Gasteiger partial charge < -0.3 is 14.6 Å². The number of hydrogen-bond acceptors (Lipinski definition) is 7. The van der Waals surface area contributed by atoms with E-state index in [1.165, 1.54) is 10.1 Å². The van der Waals surface area contributed by atoms with Crippen LogP contribution in [0.5, 0.6) is 0 Å². The zero-order valence-electron chi connectivity index (χ0n) is 17.3. The number of nitrogens with zero attached hydrogens (tertiary/aromatic N) is 5. The summed E-state index contributed by atoms with van der Waals surface area (Å²) in [6.07, 6.45) is 1.63. The Morgan fingerprint density at radius 1 is 1.17 bits per heavy atom. The summed E-state index contributed by atoms with van der Waals surface area (Å²) in [7, 11) is 0. The molecule has 0 bridgehead atoms. The van der Waals surface area contributed by atoms with Crippen molar-refractivity contribution in [2.75, 3.05) is 44.7 Å². The van der Waals surface area contributed by atoms with Crippen molar-refractivity contribution in [2.45, 2.75) is 19.9 Å². The number of fused-ring (bicyclic) bond motifs is 2. The number of hydrogen-bond donors (Lipinski definition) is 1. The summed E-state index contributed by atoms with van der Waals surface area (Å²) in [6, 6.07) is 8.72. The summed E-state index contributed by atoms with van der Waals surface area (Å²) in [4.78, 5) is 16.6. The molecule has 0 saturated carbocycles. The minimum atomic E-state index is 0.236. The first-order valence-electron chi connectivity index (χ1n) is 10.5. The number of morpholine rings is 1. The lowest BCUT2D eigenvalue weighted by molar-refractivity contribution is 0.0398. The maximum absolute atomic E-state index is 5.43. The summed E-state index contributed by atoms with van der Waals surface area (Å²) in [5.74, 6) is 1.75. The van der Waals surface area contributed by atoms with Gasteiger partial charge >= 0.3 is 0 Å². The van der Waals surface area contributed by atoms with E-state index in [0.717, 1.165) is 67.8 Å². The molecule has 156 valence electrons. The van der Waals surface area contributed by atoms with Crippen molar-refractivity contribution >= 4 is 38.4 Å². The molecule has 0 radical (unpaired) electrons. The second-order valence-corrected chi connectivity index (χ2v) is 8.73.